The maximum atomic E-state index is 12.2. The van der Waals surface area contributed by atoms with Crippen LogP contribution >= 0.6 is 23.2 Å². The van der Waals surface area contributed by atoms with Crippen LogP contribution in [0.3, 0.4) is 0 Å². The molecule has 1 aromatic heterocycles. The molecule has 1 saturated heterocycles. The number of hydrogen-bond donors (Lipinski definition) is 1. The minimum atomic E-state index is -0.282. The van der Waals surface area contributed by atoms with E-state index in [1.807, 2.05) is 0 Å². The fourth-order valence-corrected chi connectivity index (χ4v) is 2.50. The van der Waals surface area contributed by atoms with Crippen molar-refractivity contribution in [2.24, 2.45) is 0 Å². The van der Waals surface area contributed by atoms with Crippen LogP contribution < -0.4 is 5.32 Å². The maximum Gasteiger partial charge on any atom is 0.272 e. The van der Waals surface area contributed by atoms with Crippen molar-refractivity contribution in [2.45, 2.75) is 19.1 Å². The van der Waals surface area contributed by atoms with Gasteiger partial charge in [-0.2, -0.15) is 0 Å². The molecule has 1 N–H and O–H groups in total. The summed E-state index contributed by atoms with van der Waals surface area (Å²) in [5.41, 5.74) is 1.65. The number of carbonyl (C=O) groups excluding carboxylic acids is 1. The highest BCUT2D eigenvalue weighted by atomic mass is 35.5. The van der Waals surface area contributed by atoms with Gasteiger partial charge in [0.1, 0.15) is 18.2 Å². The summed E-state index contributed by atoms with van der Waals surface area (Å²) in [6.07, 6.45) is 2.87. The van der Waals surface area contributed by atoms with E-state index in [4.69, 9.17) is 27.9 Å². The SMILES string of the molecule is O=C(NC1CCCO1)c1cc(-c2ccc(Cl)c(Cl)c2)ncn1. The van der Waals surface area contributed by atoms with Crippen molar-refractivity contribution in [1.82, 2.24) is 15.3 Å². The summed E-state index contributed by atoms with van der Waals surface area (Å²) in [5.74, 6) is -0.282. The molecule has 114 valence electrons. The molecule has 22 heavy (non-hydrogen) atoms. The fourth-order valence-electron chi connectivity index (χ4n) is 2.21. The number of ether oxygens (including phenoxy) is 1. The molecule has 1 aliphatic rings. The van der Waals surface area contributed by atoms with Gasteiger partial charge in [0, 0.05) is 12.2 Å². The number of amides is 1. The van der Waals surface area contributed by atoms with Crippen molar-refractivity contribution in [1.29, 1.82) is 0 Å². The van der Waals surface area contributed by atoms with Gasteiger partial charge in [-0.15, -0.1) is 0 Å². The van der Waals surface area contributed by atoms with Gasteiger partial charge in [0.15, 0.2) is 0 Å². The molecule has 0 bridgehead atoms. The van der Waals surface area contributed by atoms with Crippen LogP contribution in [-0.2, 0) is 4.74 Å². The van der Waals surface area contributed by atoms with E-state index in [9.17, 15) is 4.79 Å². The number of nitrogens with one attached hydrogen (secondary N) is 1. The van der Waals surface area contributed by atoms with E-state index in [0.29, 0.717) is 22.3 Å². The van der Waals surface area contributed by atoms with Crippen LogP contribution in [0.2, 0.25) is 10.0 Å². The number of carbonyl (C=O) groups is 1. The van der Waals surface area contributed by atoms with Gasteiger partial charge in [0.25, 0.3) is 5.91 Å². The molecule has 1 aliphatic heterocycles. The average Bonchev–Trinajstić information content (AvgIpc) is 3.03. The lowest BCUT2D eigenvalue weighted by Crippen LogP contribution is -2.34. The summed E-state index contributed by atoms with van der Waals surface area (Å²) >= 11 is 11.9. The molecule has 1 unspecified atom stereocenters. The van der Waals surface area contributed by atoms with Crippen LogP contribution in [0.4, 0.5) is 0 Å². The normalized spacial score (nSPS) is 17.5. The summed E-state index contributed by atoms with van der Waals surface area (Å²) in [7, 11) is 0. The molecule has 1 amide bonds. The Bertz CT molecular complexity index is 703. The van der Waals surface area contributed by atoms with Gasteiger partial charge in [0.05, 0.1) is 15.7 Å². The van der Waals surface area contributed by atoms with Crippen molar-refractivity contribution in [3.8, 4) is 11.3 Å². The van der Waals surface area contributed by atoms with Gasteiger partial charge in [0.2, 0.25) is 0 Å². The number of rotatable bonds is 3. The number of halogens is 2. The van der Waals surface area contributed by atoms with E-state index in [-0.39, 0.29) is 17.8 Å². The lowest BCUT2D eigenvalue weighted by molar-refractivity contribution is 0.0636. The average molecular weight is 338 g/mol. The summed E-state index contributed by atoms with van der Waals surface area (Å²) in [6, 6.07) is 6.80. The van der Waals surface area contributed by atoms with Crippen molar-refractivity contribution in [2.75, 3.05) is 6.61 Å². The Labute approximate surface area is 137 Å². The van der Waals surface area contributed by atoms with Crippen molar-refractivity contribution < 1.29 is 9.53 Å². The van der Waals surface area contributed by atoms with Crippen molar-refractivity contribution >= 4 is 29.1 Å². The van der Waals surface area contributed by atoms with Crippen molar-refractivity contribution in [3.05, 3.63) is 46.3 Å². The van der Waals surface area contributed by atoms with Crippen LogP contribution in [-0.4, -0.2) is 28.7 Å². The molecule has 1 atom stereocenters. The van der Waals surface area contributed by atoms with E-state index >= 15 is 0 Å². The summed E-state index contributed by atoms with van der Waals surface area (Å²) in [6.45, 7) is 0.670. The fraction of sp³-hybridized carbons (Fsp3) is 0.267. The van der Waals surface area contributed by atoms with Crippen LogP contribution in [0.15, 0.2) is 30.6 Å². The number of benzene rings is 1. The van der Waals surface area contributed by atoms with E-state index < -0.39 is 0 Å². The number of nitrogens with zero attached hydrogens (tertiary/aromatic N) is 2. The van der Waals surface area contributed by atoms with E-state index in [1.165, 1.54) is 6.33 Å². The lowest BCUT2D eigenvalue weighted by Gasteiger charge is -2.11. The Morgan fingerprint density at radius 1 is 1.23 bits per heavy atom. The van der Waals surface area contributed by atoms with Crippen LogP contribution in [0.25, 0.3) is 11.3 Å². The summed E-state index contributed by atoms with van der Waals surface area (Å²) in [4.78, 5) is 20.4. The first-order valence-electron chi connectivity index (χ1n) is 6.83. The van der Waals surface area contributed by atoms with E-state index in [2.05, 4.69) is 15.3 Å². The van der Waals surface area contributed by atoms with Gasteiger partial charge in [-0.25, -0.2) is 9.97 Å². The van der Waals surface area contributed by atoms with Gasteiger partial charge in [-0.1, -0.05) is 29.3 Å². The number of hydrogen-bond acceptors (Lipinski definition) is 4. The van der Waals surface area contributed by atoms with Gasteiger partial charge in [-0.05, 0) is 31.0 Å². The molecule has 0 aliphatic carbocycles. The van der Waals surface area contributed by atoms with E-state index in [1.54, 1.807) is 24.3 Å². The van der Waals surface area contributed by atoms with Crippen molar-refractivity contribution in [3.63, 3.8) is 0 Å². The minimum absolute atomic E-state index is 0.240. The second kappa shape index (κ2) is 6.60. The Hall–Kier alpha value is -1.69. The largest absolute Gasteiger partial charge is 0.359 e. The molecule has 7 heteroatoms. The molecular formula is C15H13Cl2N3O2. The molecule has 0 saturated carbocycles. The summed E-state index contributed by atoms with van der Waals surface area (Å²) in [5, 5.41) is 3.70. The van der Waals surface area contributed by atoms with E-state index in [0.717, 1.165) is 18.4 Å². The predicted octanol–water partition coefficient (Wildman–Crippen LogP) is 3.32. The predicted molar refractivity (Wildman–Crippen MR) is 83.9 cm³/mol. The number of aromatic nitrogens is 2. The zero-order valence-electron chi connectivity index (χ0n) is 11.6. The molecule has 5 nitrogen and oxygen atoms in total. The van der Waals surface area contributed by atoms with Crippen LogP contribution in [0, 0.1) is 0 Å². The highest BCUT2D eigenvalue weighted by Crippen LogP contribution is 2.27. The molecule has 1 fully saturated rings. The third-order valence-corrected chi connectivity index (χ3v) is 4.08. The van der Waals surface area contributed by atoms with Gasteiger partial charge >= 0.3 is 0 Å². The van der Waals surface area contributed by atoms with Crippen LogP contribution in [0.5, 0.6) is 0 Å². The maximum absolute atomic E-state index is 12.2. The first kappa shape index (κ1) is 15.2. The Morgan fingerprint density at radius 3 is 2.82 bits per heavy atom. The summed E-state index contributed by atoms with van der Waals surface area (Å²) < 4.78 is 5.38. The Morgan fingerprint density at radius 2 is 2.09 bits per heavy atom. The standard InChI is InChI=1S/C15H13Cl2N3O2/c16-10-4-3-9(6-11(10)17)12-7-13(19-8-18-12)15(21)20-14-2-1-5-22-14/h3-4,6-8,14H,1-2,5H2,(H,20,21). The van der Waals surface area contributed by atoms with Crippen LogP contribution in [0.1, 0.15) is 23.3 Å². The molecule has 0 radical (unpaired) electrons. The smallest absolute Gasteiger partial charge is 0.272 e. The van der Waals surface area contributed by atoms with Gasteiger partial charge in [-0.3, -0.25) is 4.79 Å². The lowest BCUT2D eigenvalue weighted by atomic mass is 10.1. The second-order valence-corrected chi connectivity index (χ2v) is 5.71. The third-order valence-electron chi connectivity index (χ3n) is 3.34. The molecule has 2 heterocycles. The quantitative estimate of drug-likeness (QED) is 0.933. The molecule has 1 aromatic carbocycles. The highest BCUT2D eigenvalue weighted by molar-refractivity contribution is 6.42. The monoisotopic (exact) mass is 337 g/mol. The zero-order valence-corrected chi connectivity index (χ0v) is 13.1. The third kappa shape index (κ3) is 3.38. The second-order valence-electron chi connectivity index (χ2n) is 4.89. The zero-order chi connectivity index (χ0) is 15.5. The highest BCUT2D eigenvalue weighted by Gasteiger charge is 2.19. The molecule has 3 rings (SSSR count). The first-order chi connectivity index (χ1) is 10.6. The Kier molecular flexibility index (Phi) is 4.57. The molecule has 0 spiro atoms. The molecular weight excluding hydrogens is 325 g/mol. The molecule has 2 aromatic rings. The first-order valence-corrected chi connectivity index (χ1v) is 7.59. The Balaban J connectivity index is 1.82. The topological polar surface area (TPSA) is 64.1 Å². The van der Waals surface area contributed by atoms with Gasteiger partial charge < -0.3 is 10.1 Å². The minimum Gasteiger partial charge on any atom is -0.359 e.